The molecule has 0 amide bonds. The summed E-state index contributed by atoms with van der Waals surface area (Å²) in [5.74, 6) is 0.944. The van der Waals surface area contributed by atoms with E-state index in [0.29, 0.717) is 21.6 Å². The lowest BCUT2D eigenvalue weighted by molar-refractivity contribution is 0.518. The molecule has 2 unspecified atom stereocenters. The van der Waals surface area contributed by atoms with E-state index in [2.05, 4.69) is 31.7 Å². The predicted octanol–water partition coefficient (Wildman–Crippen LogP) is 5.13. The summed E-state index contributed by atoms with van der Waals surface area (Å²) in [7, 11) is 0. The summed E-state index contributed by atoms with van der Waals surface area (Å²) in [6, 6.07) is 3.68. The van der Waals surface area contributed by atoms with Crippen LogP contribution in [0.2, 0.25) is 0 Å². The first kappa shape index (κ1) is 14.7. The van der Waals surface area contributed by atoms with E-state index < -0.39 is 0 Å². The van der Waals surface area contributed by atoms with Gasteiger partial charge in [-0.25, -0.2) is 9.37 Å². The minimum absolute atomic E-state index is 0.251. The first-order valence-corrected chi connectivity index (χ1v) is 9.20. The highest BCUT2D eigenvalue weighted by molar-refractivity contribution is 9.10. The van der Waals surface area contributed by atoms with Gasteiger partial charge < -0.3 is 4.57 Å². The highest BCUT2D eigenvalue weighted by Gasteiger charge is 2.28. The Hall–Kier alpha value is -0.260. The van der Waals surface area contributed by atoms with Crippen molar-refractivity contribution in [3.63, 3.8) is 0 Å². The quantitative estimate of drug-likeness (QED) is 0.690. The van der Waals surface area contributed by atoms with Crippen LogP contribution < -0.4 is 0 Å². The average Bonchev–Trinajstić information content (AvgIpc) is 3.03. The van der Waals surface area contributed by atoms with Gasteiger partial charge in [0.1, 0.15) is 11.6 Å². The fourth-order valence-corrected chi connectivity index (χ4v) is 4.31. The third kappa shape index (κ3) is 2.48. The number of aromatic nitrogens is 2. The Bertz CT molecular complexity index is 646. The zero-order valence-corrected chi connectivity index (χ0v) is 14.2. The minimum Gasteiger partial charge on any atom is -0.324 e. The molecule has 0 N–H and O–H groups in total. The SMILES string of the molecule is CSC1CCC(n2c(CCl)nc3cc(Br)c(F)cc32)C1. The lowest BCUT2D eigenvalue weighted by atomic mass is 10.2. The molecule has 1 aliphatic carbocycles. The van der Waals surface area contributed by atoms with Gasteiger partial charge in [0.25, 0.3) is 0 Å². The van der Waals surface area contributed by atoms with Crippen LogP contribution >= 0.6 is 39.3 Å². The molecule has 1 fully saturated rings. The second kappa shape index (κ2) is 5.85. The Morgan fingerprint density at radius 3 is 2.95 bits per heavy atom. The van der Waals surface area contributed by atoms with Gasteiger partial charge in [-0.05, 0) is 47.5 Å². The summed E-state index contributed by atoms with van der Waals surface area (Å²) in [5.41, 5.74) is 1.66. The maximum Gasteiger partial charge on any atom is 0.139 e. The largest absolute Gasteiger partial charge is 0.324 e. The van der Waals surface area contributed by atoms with Crippen LogP contribution in [-0.2, 0) is 5.88 Å². The van der Waals surface area contributed by atoms with E-state index in [4.69, 9.17) is 11.6 Å². The van der Waals surface area contributed by atoms with Crippen molar-refractivity contribution < 1.29 is 4.39 Å². The lowest BCUT2D eigenvalue weighted by Crippen LogP contribution is -2.09. The van der Waals surface area contributed by atoms with E-state index in [-0.39, 0.29) is 5.82 Å². The van der Waals surface area contributed by atoms with Gasteiger partial charge in [-0.1, -0.05) is 0 Å². The molecule has 1 heterocycles. The molecule has 2 nitrogen and oxygen atoms in total. The molecule has 0 spiro atoms. The molecule has 0 radical (unpaired) electrons. The highest BCUT2D eigenvalue weighted by Crippen LogP contribution is 2.39. The Kier molecular flexibility index (Phi) is 4.29. The second-order valence-corrected chi connectivity index (χ2v) is 7.37. The van der Waals surface area contributed by atoms with Gasteiger partial charge in [0.15, 0.2) is 0 Å². The number of alkyl halides is 1. The zero-order chi connectivity index (χ0) is 14.3. The van der Waals surface area contributed by atoms with Crippen molar-refractivity contribution in [1.29, 1.82) is 0 Å². The smallest absolute Gasteiger partial charge is 0.139 e. The van der Waals surface area contributed by atoms with Crippen LogP contribution in [0.15, 0.2) is 16.6 Å². The number of rotatable bonds is 3. The Balaban J connectivity index is 2.11. The fourth-order valence-electron chi connectivity index (χ4n) is 3.01. The number of benzene rings is 1. The molecule has 2 atom stereocenters. The second-order valence-electron chi connectivity index (χ2n) is 5.11. The van der Waals surface area contributed by atoms with Crippen molar-refractivity contribution >= 4 is 50.3 Å². The number of hydrogen-bond donors (Lipinski definition) is 0. The molecule has 3 rings (SSSR count). The van der Waals surface area contributed by atoms with E-state index in [0.717, 1.165) is 29.7 Å². The van der Waals surface area contributed by atoms with E-state index >= 15 is 0 Å². The van der Waals surface area contributed by atoms with Crippen LogP contribution in [0.1, 0.15) is 31.1 Å². The molecule has 0 aliphatic heterocycles. The lowest BCUT2D eigenvalue weighted by Gasteiger charge is -2.16. The first-order chi connectivity index (χ1) is 9.63. The maximum absolute atomic E-state index is 13.8. The predicted molar refractivity (Wildman–Crippen MR) is 87.1 cm³/mol. The van der Waals surface area contributed by atoms with E-state index in [1.165, 1.54) is 6.42 Å². The number of imidazole rings is 1. The third-order valence-electron chi connectivity index (χ3n) is 3.98. The fraction of sp³-hybridized carbons (Fsp3) is 0.500. The number of fused-ring (bicyclic) bond motifs is 1. The van der Waals surface area contributed by atoms with Gasteiger partial charge in [-0.15, -0.1) is 11.6 Å². The molecule has 1 aliphatic rings. The molecule has 1 aromatic heterocycles. The molecule has 1 saturated carbocycles. The molecule has 0 bridgehead atoms. The summed E-state index contributed by atoms with van der Waals surface area (Å²) in [4.78, 5) is 4.56. The van der Waals surface area contributed by atoms with Gasteiger partial charge in [-0.2, -0.15) is 11.8 Å². The first-order valence-electron chi connectivity index (χ1n) is 6.58. The van der Waals surface area contributed by atoms with Crippen molar-refractivity contribution in [2.24, 2.45) is 0 Å². The molecule has 0 saturated heterocycles. The topological polar surface area (TPSA) is 17.8 Å². The summed E-state index contributed by atoms with van der Waals surface area (Å²) in [6.45, 7) is 0. The zero-order valence-electron chi connectivity index (χ0n) is 11.1. The highest BCUT2D eigenvalue weighted by atomic mass is 79.9. The van der Waals surface area contributed by atoms with E-state index in [9.17, 15) is 4.39 Å². The summed E-state index contributed by atoms with van der Waals surface area (Å²) in [5, 5.41) is 0.681. The van der Waals surface area contributed by atoms with Gasteiger partial charge in [-0.3, -0.25) is 0 Å². The number of nitrogens with zero attached hydrogens (tertiary/aromatic N) is 2. The van der Waals surface area contributed by atoms with E-state index in [1.807, 2.05) is 11.8 Å². The molecule has 2 aromatic rings. The van der Waals surface area contributed by atoms with E-state index in [1.54, 1.807) is 12.1 Å². The van der Waals surface area contributed by atoms with Gasteiger partial charge in [0.05, 0.1) is 21.4 Å². The minimum atomic E-state index is -0.251. The van der Waals surface area contributed by atoms with Crippen LogP contribution in [0.3, 0.4) is 0 Å². The third-order valence-corrected chi connectivity index (χ3v) is 5.92. The maximum atomic E-state index is 13.8. The molecular weight excluding hydrogens is 363 g/mol. The Morgan fingerprint density at radius 1 is 1.50 bits per heavy atom. The van der Waals surface area contributed by atoms with Crippen LogP contribution in [0, 0.1) is 5.82 Å². The number of thioether (sulfide) groups is 1. The van der Waals surface area contributed by atoms with Crippen molar-refractivity contribution in [3.8, 4) is 0 Å². The van der Waals surface area contributed by atoms with Crippen molar-refractivity contribution in [1.82, 2.24) is 9.55 Å². The summed E-state index contributed by atoms with van der Waals surface area (Å²) in [6.07, 6.45) is 5.57. The van der Waals surface area contributed by atoms with Gasteiger partial charge in [0.2, 0.25) is 0 Å². The molecular formula is C14H15BrClFN2S. The van der Waals surface area contributed by atoms with Crippen molar-refractivity contribution in [2.75, 3.05) is 6.26 Å². The van der Waals surface area contributed by atoms with Crippen LogP contribution in [0.4, 0.5) is 4.39 Å². The van der Waals surface area contributed by atoms with Gasteiger partial charge in [0, 0.05) is 17.4 Å². The summed E-state index contributed by atoms with van der Waals surface area (Å²) < 4.78 is 16.4. The van der Waals surface area contributed by atoms with Crippen LogP contribution in [-0.4, -0.2) is 21.1 Å². The monoisotopic (exact) mass is 376 g/mol. The average molecular weight is 378 g/mol. The molecule has 20 heavy (non-hydrogen) atoms. The summed E-state index contributed by atoms with van der Waals surface area (Å²) >= 11 is 11.2. The van der Waals surface area contributed by atoms with Crippen molar-refractivity contribution in [2.45, 2.75) is 36.4 Å². The number of hydrogen-bond acceptors (Lipinski definition) is 2. The Morgan fingerprint density at radius 2 is 2.30 bits per heavy atom. The Labute approximate surface area is 135 Å². The molecule has 1 aromatic carbocycles. The molecule has 6 heteroatoms. The van der Waals surface area contributed by atoms with Gasteiger partial charge >= 0.3 is 0 Å². The normalized spacial score (nSPS) is 22.8. The van der Waals surface area contributed by atoms with Crippen LogP contribution in [0.5, 0.6) is 0 Å². The molecule has 108 valence electrons. The number of halogens is 3. The standard InChI is InChI=1S/C14H15BrClFN2S/c1-20-9-3-2-8(4-9)19-13-6-11(17)10(15)5-12(13)18-14(19)7-16/h5-6,8-9H,2-4,7H2,1H3. The van der Waals surface area contributed by atoms with Crippen LogP contribution in [0.25, 0.3) is 11.0 Å². The van der Waals surface area contributed by atoms with Crippen molar-refractivity contribution in [3.05, 3.63) is 28.2 Å².